The third kappa shape index (κ3) is 3.62. The molecule has 1 aromatic carbocycles. The lowest BCUT2D eigenvalue weighted by molar-refractivity contribution is 0.0702. The van der Waals surface area contributed by atoms with Crippen molar-refractivity contribution in [1.29, 1.82) is 0 Å². The van der Waals surface area contributed by atoms with Crippen LogP contribution in [0.4, 0.5) is 0 Å². The molecular formula is C16H15NO5S. The van der Waals surface area contributed by atoms with Crippen LogP contribution in [0.1, 0.15) is 31.3 Å². The van der Waals surface area contributed by atoms with Crippen molar-refractivity contribution in [1.82, 2.24) is 5.32 Å². The van der Waals surface area contributed by atoms with Crippen LogP contribution in [-0.4, -0.2) is 30.2 Å². The molecule has 2 aromatic rings. The fraction of sp³-hybridized carbons (Fsp3) is 0.250. The third-order valence-corrected chi connectivity index (χ3v) is 4.38. The van der Waals surface area contributed by atoms with E-state index in [0.29, 0.717) is 30.3 Å². The standard InChI is InChI=1S/C16H15NO5S/c18-15(17-9-11-3-5-14(23-11)16(19)20)10-2-4-12-13(8-10)22-7-1-6-21-12/h2-5,8H,1,6-7,9H2,(H,17,18)(H,19,20). The van der Waals surface area contributed by atoms with Gasteiger partial charge in [-0.2, -0.15) is 0 Å². The van der Waals surface area contributed by atoms with E-state index >= 15 is 0 Å². The average molecular weight is 333 g/mol. The van der Waals surface area contributed by atoms with Crippen LogP contribution in [0.25, 0.3) is 0 Å². The van der Waals surface area contributed by atoms with Crippen molar-refractivity contribution in [3.05, 3.63) is 45.6 Å². The molecule has 3 rings (SSSR count). The number of fused-ring (bicyclic) bond motifs is 1. The predicted molar refractivity (Wildman–Crippen MR) is 84.5 cm³/mol. The molecule has 0 unspecified atom stereocenters. The molecule has 2 N–H and O–H groups in total. The van der Waals surface area contributed by atoms with Crippen molar-refractivity contribution in [2.24, 2.45) is 0 Å². The van der Waals surface area contributed by atoms with Gasteiger partial charge in [-0.15, -0.1) is 11.3 Å². The molecule has 1 amide bonds. The highest BCUT2D eigenvalue weighted by molar-refractivity contribution is 7.13. The molecule has 1 aliphatic heterocycles. The lowest BCUT2D eigenvalue weighted by Crippen LogP contribution is -2.22. The second kappa shape index (κ2) is 6.70. The van der Waals surface area contributed by atoms with Crippen LogP contribution in [0.15, 0.2) is 30.3 Å². The van der Waals surface area contributed by atoms with E-state index in [9.17, 15) is 9.59 Å². The first-order chi connectivity index (χ1) is 11.1. The Labute approximate surface area is 136 Å². The quantitative estimate of drug-likeness (QED) is 0.898. The predicted octanol–water partition coefficient (Wildman–Crippen LogP) is 2.54. The second-order valence-corrected chi connectivity index (χ2v) is 6.13. The van der Waals surface area contributed by atoms with E-state index < -0.39 is 5.97 Å². The topological polar surface area (TPSA) is 84.9 Å². The van der Waals surface area contributed by atoms with E-state index in [1.54, 1.807) is 24.3 Å². The summed E-state index contributed by atoms with van der Waals surface area (Å²) in [6, 6.07) is 8.29. The maximum atomic E-state index is 12.2. The molecule has 1 aromatic heterocycles. The average Bonchev–Trinajstić information content (AvgIpc) is 2.90. The van der Waals surface area contributed by atoms with Crippen LogP contribution < -0.4 is 14.8 Å². The van der Waals surface area contributed by atoms with Gasteiger partial charge in [0.1, 0.15) is 4.88 Å². The van der Waals surface area contributed by atoms with Gasteiger partial charge >= 0.3 is 5.97 Å². The summed E-state index contributed by atoms with van der Waals surface area (Å²) in [6.45, 7) is 1.44. The zero-order chi connectivity index (χ0) is 16.2. The highest BCUT2D eigenvalue weighted by Crippen LogP contribution is 2.30. The number of thiophene rings is 1. The van der Waals surface area contributed by atoms with Crippen molar-refractivity contribution in [2.45, 2.75) is 13.0 Å². The number of aromatic carboxylic acids is 1. The van der Waals surface area contributed by atoms with Gasteiger partial charge in [-0.3, -0.25) is 4.79 Å². The number of hydrogen-bond acceptors (Lipinski definition) is 5. The van der Waals surface area contributed by atoms with Gasteiger partial charge in [0.05, 0.1) is 19.8 Å². The SMILES string of the molecule is O=C(NCc1ccc(C(=O)O)s1)c1ccc2c(c1)OCCCO2. The van der Waals surface area contributed by atoms with E-state index in [-0.39, 0.29) is 17.3 Å². The smallest absolute Gasteiger partial charge is 0.345 e. The van der Waals surface area contributed by atoms with Crippen LogP contribution in [0.3, 0.4) is 0 Å². The maximum Gasteiger partial charge on any atom is 0.345 e. The number of amides is 1. The summed E-state index contributed by atoms with van der Waals surface area (Å²) in [5.74, 6) is 0.00393. The third-order valence-electron chi connectivity index (χ3n) is 3.31. The molecule has 6 nitrogen and oxygen atoms in total. The number of nitrogens with one attached hydrogen (secondary N) is 1. The van der Waals surface area contributed by atoms with Gasteiger partial charge in [-0.1, -0.05) is 0 Å². The Kier molecular flexibility index (Phi) is 4.47. The minimum atomic E-state index is -0.963. The van der Waals surface area contributed by atoms with Gasteiger partial charge in [0.2, 0.25) is 0 Å². The fourth-order valence-corrected chi connectivity index (χ4v) is 2.95. The number of carboxylic acids is 1. The number of rotatable bonds is 4. The molecule has 0 spiro atoms. The van der Waals surface area contributed by atoms with Gasteiger partial charge in [0, 0.05) is 16.9 Å². The van der Waals surface area contributed by atoms with Crippen molar-refractivity contribution in [3.63, 3.8) is 0 Å². The summed E-state index contributed by atoms with van der Waals surface area (Å²) in [5, 5.41) is 11.7. The lowest BCUT2D eigenvalue weighted by Gasteiger charge is -2.09. The number of carboxylic acid groups (broad SMARTS) is 1. The van der Waals surface area contributed by atoms with Gasteiger partial charge in [0.25, 0.3) is 5.91 Å². The van der Waals surface area contributed by atoms with Gasteiger partial charge < -0.3 is 19.9 Å². The molecule has 0 aliphatic carbocycles. The fourth-order valence-electron chi connectivity index (χ4n) is 2.16. The summed E-state index contributed by atoms with van der Waals surface area (Å²) in [6.07, 6.45) is 0.806. The highest BCUT2D eigenvalue weighted by atomic mass is 32.1. The minimum Gasteiger partial charge on any atom is -0.490 e. The molecule has 0 atom stereocenters. The molecule has 0 fully saturated rings. The Morgan fingerprint density at radius 3 is 2.65 bits per heavy atom. The van der Waals surface area contributed by atoms with E-state index in [2.05, 4.69) is 5.32 Å². The van der Waals surface area contributed by atoms with Gasteiger partial charge in [0.15, 0.2) is 11.5 Å². The van der Waals surface area contributed by atoms with Crippen molar-refractivity contribution >= 4 is 23.2 Å². The van der Waals surface area contributed by atoms with E-state index in [1.807, 2.05) is 0 Å². The van der Waals surface area contributed by atoms with Gasteiger partial charge in [-0.25, -0.2) is 4.79 Å². The molecule has 0 saturated carbocycles. The van der Waals surface area contributed by atoms with E-state index in [4.69, 9.17) is 14.6 Å². The van der Waals surface area contributed by atoms with E-state index in [0.717, 1.165) is 22.6 Å². The van der Waals surface area contributed by atoms with E-state index in [1.165, 1.54) is 6.07 Å². The van der Waals surface area contributed by atoms with Gasteiger partial charge in [-0.05, 0) is 30.3 Å². The van der Waals surface area contributed by atoms with Crippen LogP contribution in [0.5, 0.6) is 11.5 Å². The Morgan fingerprint density at radius 1 is 1.13 bits per heavy atom. The Morgan fingerprint density at radius 2 is 1.91 bits per heavy atom. The monoisotopic (exact) mass is 333 g/mol. The maximum absolute atomic E-state index is 12.2. The van der Waals surface area contributed by atoms with Crippen LogP contribution >= 0.6 is 11.3 Å². The molecule has 1 aliphatic rings. The molecule has 7 heteroatoms. The summed E-state index contributed by atoms with van der Waals surface area (Å²) in [7, 11) is 0. The lowest BCUT2D eigenvalue weighted by atomic mass is 10.2. The summed E-state index contributed by atoms with van der Waals surface area (Å²) >= 11 is 1.14. The zero-order valence-electron chi connectivity index (χ0n) is 12.2. The number of ether oxygens (including phenoxy) is 2. The molecule has 0 saturated heterocycles. The first-order valence-electron chi connectivity index (χ1n) is 7.13. The summed E-state index contributed by atoms with van der Waals surface area (Å²) in [4.78, 5) is 24.1. The zero-order valence-corrected chi connectivity index (χ0v) is 13.0. The number of benzene rings is 1. The Balaban J connectivity index is 1.65. The molecule has 120 valence electrons. The largest absolute Gasteiger partial charge is 0.490 e. The molecule has 23 heavy (non-hydrogen) atoms. The molecule has 2 heterocycles. The molecule has 0 bridgehead atoms. The molecular weight excluding hydrogens is 318 g/mol. The number of carbonyl (C=O) groups excluding carboxylic acids is 1. The minimum absolute atomic E-state index is 0.245. The first-order valence-corrected chi connectivity index (χ1v) is 7.95. The molecule has 0 radical (unpaired) electrons. The Bertz CT molecular complexity index is 740. The second-order valence-electron chi connectivity index (χ2n) is 4.97. The van der Waals surface area contributed by atoms with Crippen LogP contribution in [0, 0.1) is 0 Å². The number of carbonyl (C=O) groups is 2. The van der Waals surface area contributed by atoms with Crippen LogP contribution in [0.2, 0.25) is 0 Å². The van der Waals surface area contributed by atoms with Crippen molar-refractivity contribution < 1.29 is 24.2 Å². The van der Waals surface area contributed by atoms with Crippen LogP contribution in [-0.2, 0) is 6.54 Å². The van der Waals surface area contributed by atoms with Crippen molar-refractivity contribution in [3.8, 4) is 11.5 Å². The van der Waals surface area contributed by atoms with Crippen molar-refractivity contribution in [2.75, 3.05) is 13.2 Å². The summed E-state index contributed by atoms with van der Waals surface area (Å²) < 4.78 is 11.1. The first kappa shape index (κ1) is 15.4. The number of hydrogen-bond donors (Lipinski definition) is 2. The Hall–Kier alpha value is -2.54. The highest BCUT2D eigenvalue weighted by Gasteiger charge is 2.14. The normalized spacial score (nSPS) is 13.2. The summed E-state index contributed by atoms with van der Waals surface area (Å²) in [5.41, 5.74) is 0.476.